The maximum absolute atomic E-state index is 10.5. The van der Waals surface area contributed by atoms with E-state index < -0.39 is 0 Å². The Morgan fingerprint density at radius 1 is 1.44 bits per heavy atom. The smallest absolute Gasteiger partial charge is 0.124 e. The molecule has 2 nitrogen and oxygen atoms in total. The summed E-state index contributed by atoms with van der Waals surface area (Å²) in [6.07, 6.45) is 2.63. The Hall–Kier alpha value is -1.31. The summed E-state index contributed by atoms with van der Waals surface area (Å²) < 4.78 is 0. The molecule has 0 saturated heterocycles. The summed E-state index contributed by atoms with van der Waals surface area (Å²) in [5.41, 5.74) is 3.91. The van der Waals surface area contributed by atoms with E-state index in [0.29, 0.717) is 12.3 Å². The number of benzene rings is 1. The van der Waals surface area contributed by atoms with Crippen molar-refractivity contribution in [3.63, 3.8) is 0 Å². The predicted molar refractivity (Wildman–Crippen MR) is 67.0 cm³/mol. The lowest BCUT2D eigenvalue weighted by molar-refractivity contribution is -0.107. The lowest BCUT2D eigenvalue weighted by Crippen LogP contribution is -2.25. The molecule has 1 aliphatic heterocycles. The van der Waals surface area contributed by atoms with E-state index in [2.05, 4.69) is 36.9 Å². The molecular weight excluding hydrogens is 198 g/mol. The van der Waals surface area contributed by atoms with Crippen LogP contribution in [0, 0.1) is 5.92 Å². The predicted octanol–water partition coefficient (Wildman–Crippen LogP) is 2.45. The van der Waals surface area contributed by atoms with Crippen molar-refractivity contribution in [1.82, 2.24) is 0 Å². The second kappa shape index (κ2) is 4.69. The van der Waals surface area contributed by atoms with Crippen LogP contribution in [0.1, 0.15) is 25.0 Å². The van der Waals surface area contributed by atoms with Gasteiger partial charge in [0.2, 0.25) is 0 Å². The molecular formula is C14H19NO. The monoisotopic (exact) mass is 217 g/mol. The van der Waals surface area contributed by atoms with Gasteiger partial charge in [0.25, 0.3) is 0 Å². The first-order valence-corrected chi connectivity index (χ1v) is 6.01. The Labute approximate surface area is 97.3 Å². The lowest BCUT2D eigenvalue weighted by atomic mass is 10.1. The molecule has 0 fully saturated rings. The van der Waals surface area contributed by atoms with Crippen LogP contribution in [0.25, 0.3) is 0 Å². The Bertz CT molecular complexity index is 384. The molecule has 0 aliphatic carbocycles. The van der Waals surface area contributed by atoms with Gasteiger partial charge >= 0.3 is 0 Å². The van der Waals surface area contributed by atoms with Crippen LogP contribution < -0.4 is 4.90 Å². The number of hydrogen-bond donors (Lipinski definition) is 0. The molecule has 1 aromatic rings. The van der Waals surface area contributed by atoms with Crippen molar-refractivity contribution < 1.29 is 4.79 Å². The maximum atomic E-state index is 10.5. The number of rotatable bonds is 4. The number of nitrogens with zero attached hydrogens (tertiary/aromatic N) is 1. The van der Waals surface area contributed by atoms with Crippen molar-refractivity contribution in [2.45, 2.75) is 26.7 Å². The molecule has 0 N–H and O–H groups in total. The molecule has 0 atom stereocenters. The Morgan fingerprint density at radius 2 is 2.25 bits per heavy atom. The number of hydrogen-bond acceptors (Lipinski definition) is 2. The minimum absolute atomic E-state index is 0.539. The molecule has 1 heterocycles. The van der Waals surface area contributed by atoms with Crippen LogP contribution in [-0.4, -0.2) is 19.4 Å². The molecule has 1 aromatic carbocycles. The average molecular weight is 217 g/mol. The van der Waals surface area contributed by atoms with E-state index in [4.69, 9.17) is 0 Å². The molecule has 16 heavy (non-hydrogen) atoms. The highest BCUT2D eigenvalue weighted by Crippen LogP contribution is 2.29. The van der Waals surface area contributed by atoms with E-state index in [1.54, 1.807) is 0 Å². The van der Waals surface area contributed by atoms with E-state index in [0.717, 1.165) is 31.4 Å². The zero-order chi connectivity index (χ0) is 11.5. The molecule has 86 valence electrons. The molecule has 1 aliphatic rings. The summed E-state index contributed by atoms with van der Waals surface area (Å²) in [7, 11) is 0. The standard InChI is InChI=1S/C14H19NO/c1-11(2)10-15-7-5-13-9-12(6-8-16)3-4-14(13)15/h3-4,8-9,11H,5-7,10H2,1-2H3. The fraction of sp³-hybridized carbons (Fsp3) is 0.500. The van der Waals surface area contributed by atoms with Gasteiger partial charge in [-0.05, 0) is 29.5 Å². The third-order valence-corrected chi connectivity index (χ3v) is 3.04. The first-order chi connectivity index (χ1) is 7.70. The van der Waals surface area contributed by atoms with Gasteiger partial charge in [0.05, 0.1) is 0 Å². The average Bonchev–Trinajstić information content (AvgIpc) is 2.61. The largest absolute Gasteiger partial charge is 0.371 e. The van der Waals surface area contributed by atoms with Gasteiger partial charge in [-0.2, -0.15) is 0 Å². The molecule has 0 bridgehead atoms. The zero-order valence-corrected chi connectivity index (χ0v) is 10.1. The van der Waals surface area contributed by atoms with Gasteiger partial charge in [0.15, 0.2) is 0 Å². The minimum Gasteiger partial charge on any atom is -0.371 e. The zero-order valence-electron chi connectivity index (χ0n) is 10.1. The minimum atomic E-state index is 0.539. The summed E-state index contributed by atoms with van der Waals surface area (Å²) >= 11 is 0. The summed E-state index contributed by atoms with van der Waals surface area (Å²) in [4.78, 5) is 12.9. The van der Waals surface area contributed by atoms with Gasteiger partial charge in [0, 0.05) is 25.2 Å². The number of carbonyl (C=O) groups excluding carboxylic acids is 1. The number of aldehydes is 1. The van der Waals surface area contributed by atoms with E-state index >= 15 is 0 Å². The second-order valence-corrected chi connectivity index (χ2v) is 4.92. The van der Waals surface area contributed by atoms with Gasteiger partial charge in [-0.3, -0.25) is 0 Å². The van der Waals surface area contributed by atoms with Crippen molar-refractivity contribution in [3.8, 4) is 0 Å². The van der Waals surface area contributed by atoms with Crippen molar-refractivity contribution in [3.05, 3.63) is 29.3 Å². The summed E-state index contributed by atoms with van der Waals surface area (Å²) in [5, 5.41) is 0. The Kier molecular flexibility index (Phi) is 3.28. The summed E-state index contributed by atoms with van der Waals surface area (Å²) in [6, 6.07) is 6.43. The molecule has 0 unspecified atom stereocenters. The van der Waals surface area contributed by atoms with Crippen LogP contribution in [0.5, 0.6) is 0 Å². The topological polar surface area (TPSA) is 20.3 Å². The van der Waals surface area contributed by atoms with Crippen LogP contribution in [0.4, 0.5) is 5.69 Å². The van der Waals surface area contributed by atoms with Crippen molar-refractivity contribution in [2.24, 2.45) is 5.92 Å². The van der Waals surface area contributed by atoms with E-state index in [1.165, 1.54) is 11.3 Å². The molecule has 0 saturated carbocycles. The number of fused-ring (bicyclic) bond motifs is 1. The molecule has 0 spiro atoms. The highest BCUT2D eigenvalue weighted by molar-refractivity contribution is 5.62. The normalized spacial score (nSPS) is 14.3. The molecule has 0 aromatic heterocycles. The molecule has 0 radical (unpaired) electrons. The summed E-state index contributed by atoms with van der Waals surface area (Å²) in [5.74, 6) is 0.695. The number of carbonyl (C=O) groups is 1. The quantitative estimate of drug-likeness (QED) is 0.722. The van der Waals surface area contributed by atoms with Gasteiger partial charge < -0.3 is 9.69 Å². The van der Waals surface area contributed by atoms with Crippen LogP contribution >= 0.6 is 0 Å². The highest BCUT2D eigenvalue weighted by atomic mass is 16.1. The van der Waals surface area contributed by atoms with Gasteiger partial charge in [-0.25, -0.2) is 0 Å². The van der Waals surface area contributed by atoms with Crippen LogP contribution in [0.3, 0.4) is 0 Å². The van der Waals surface area contributed by atoms with E-state index in [1.807, 2.05) is 0 Å². The third kappa shape index (κ3) is 2.26. The maximum Gasteiger partial charge on any atom is 0.124 e. The van der Waals surface area contributed by atoms with Crippen LogP contribution in [0.2, 0.25) is 0 Å². The Morgan fingerprint density at radius 3 is 2.94 bits per heavy atom. The highest BCUT2D eigenvalue weighted by Gasteiger charge is 2.19. The van der Waals surface area contributed by atoms with Gasteiger partial charge in [-0.1, -0.05) is 26.0 Å². The van der Waals surface area contributed by atoms with E-state index in [9.17, 15) is 4.79 Å². The SMILES string of the molecule is CC(C)CN1CCc2cc(CC=O)ccc21. The second-order valence-electron chi connectivity index (χ2n) is 4.92. The first-order valence-electron chi connectivity index (χ1n) is 6.01. The Balaban J connectivity index is 2.18. The first kappa shape index (κ1) is 11.2. The third-order valence-electron chi connectivity index (χ3n) is 3.04. The molecule has 2 heteroatoms. The fourth-order valence-corrected chi connectivity index (χ4v) is 2.38. The number of anilines is 1. The van der Waals surface area contributed by atoms with Crippen molar-refractivity contribution in [2.75, 3.05) is 18.0 Å². The van der Waals surface area contributed by atoms with Crippen LogP contribution in [0.15, 0.2) is 18.2 Å². The van der Waals surface area contributed by atoms with Crippen LogP contribution in [-0.2, 0) is 17.6 Å². The lowest BCUT2D eigenvalue weighted by Gasteiger charge is -2.21. The van der Waals surface area contributed by atoms with Crippen molar-refractivity contribution >= 4 is 12.0 Å². The summed E-state index contributed by atoms with van der Waals surface area (Å²) in [6.45, 7) is 6.75. The van der Waals surface area contributed by atoms with Crippen molar-refractivity contribution in [1.29, 1.82) is 0 Å². The van der Waals surface area contributed by atoms with Gasteiger partial charge in [0.1, 0.15) is 6.29 Å². The van der Waals surface area contributed by atoms with Gasteiger partial charge in [-0.15, -0.1) is 0 Å². The molecule has 2 rings (SSSR count). The molecule has 0 amide bonds. The fourth-order valence-electron chi connectivity index (χ4n) is 2.38. The van der Waals surface area contributed by atoms with E-state index in [-0.39, 0.29) is 0 Å².